The SMILES string of the molecule is CCOc1ccc(-c2cc(C(=O)N/N=C/C(C)c3ccc(OC)cc3)c3ccccc3n2)cc1. The molecular weight excluding hydrogens is 426 g/mol. The fourth-order valence-corrected chi connectivity index (χ4v) is 3.66. The maximum atomic E-state index is 13.1. The van der Waals surface area contributed by atoms with Gasteiger partial charge < -0.3 is 9.47 Å². The van der Waals surface area contributed by atoms with E-state index < -0.39 is 0 Å². The van der Waals surface area contributed by atoms with Gasteiger partial charge in [0.25, 0.3) is 5.91 Å². The largest absolute Gasteiger partial charge is 0.497 e. The molecule has 0 bridgehead atoms. The van der Waals surface area contributed by atoms with E-state index in [0.29, 0.717) is 17.9 Å². The van der Waals surface area contributed by atoms with Crippen molar-refractivity contribution >= 4 is 23.0 Å². The third kappa shape index (κ3) is 5.23. The molecule has 0 aliphatic rings. The number of carbonyl (C=O) groups is 1. The van der Waals surface area contributed by atoms with Crippen LogP contribution in [0.15, 0.2) is 84.0 Å². The van der Waals surface area contributed by atoms with Crippen molar-refractivity contribution in [1.29, 1.82) is 0 Å². The zero-order chi connectivity index (χ0) is 23.9. The number of hydrazone groups is 1. The predicted molar refractivity (Wildman–Crippen MR) is 136 cm³/mol. The quantitative estimate of drug-likeness (QED) is 0.269. The molecule has 4 rings (SSSR count). The van der Waals surface area contributed by atoms with Gasteiger partial charge in [0.1, 0.15) is 11.5 Å². The average molecular weight is 454 g/mol. The number of aromatic nitrogens is 1. The predicted octanol–water partition coefficient (Wildman–Crippen LogP) is 5.83. The molecule has 0 saturated heterocycles. The lowest BCUT2D eigenvalue weighted by Crippen LogP contribution is -2.19. The van der Waals surface area contributed by atoms with E-state index >= 15 is 0 Å². The van der Waals surface area contributed by atoms with E-state index in [1.807, 2.05) is 86.6 Å². The molecule has 4 aromatic rings. The number of amides is 1. The van der Waals surface area contributed by atoms with Crippen molar-refractivity contribution in [1.82, 2.24) is 10.4 Å². The second-order valence-corrected chi connectivity index (χ2v) is 7.81. The first-order valence-electron chi connectivity index (χ1n) is 11.2. The maximum absolute atomic E-state index is 13.1. The highest BCUT2D eigenvalue weighted by Gasteiger charge is 2.14. The number of fused-ring (bicyclic) bond motifs is 1. The number of para-hydroxylation sites is 1. The Bertz CT molecular complexity index is 1300. The molecule has 172 valence electrons. The minimum atomic E-state index is -0.288. The van der Waals surface area contributed by atoms with E-state index in [-0.39, 0.29) is 11.8 Å². The topological polar surface area (TPSA) is 72.8 Å². The molecule has 6 heteroatoms. The Balaban J connectivity index is 1.57. The molecule has 1 unspecified atom stereocenters. The molecule has 0 radical (unpaired) electrons. The van der Waals surface area contributed by atoms with Crippen LogP contribution in [-0.4, -0.2) is 30.8 Å². The standard InChI is InChI=1S/C28H27N3O3/c1-4-34-23-15-11-21(12-16-23)27-17-25(24-7-5-6-8-26(24)30-27)28(32)31-29-18-19(2)20-9-13-22(33-3)14-10-20/h5-19H,4H2,1-3H3,(H,31,32)/b29-18+. The van der Waals surface area contributed by atoms with E-state index in [1.165, 1.54) is 0 Å². The van der Waals surface area contributed by atoms with Gasteiger partial charge in [-0.15, -0.1) is 0 Å². The average Bonchev–Trinajstić information content (AvgIpc) is 2.88. The molecule has 1 amide bonds. The van der Waals surface area contributed by atoms with E-state index in [4.69, 9.17) is 14.5 Å². The maximum Gasteiger partial charge on any atom is 0.272 e. The van der Waals surface area contributed by atoms with Gasteiger partial charge >= 0.3 is 0 Å². The lowest BCUT2D eigenvalue weighted by molar-refractivity contribution is 0.0956. The minimum Gasteiger partial charge on any atom is -0.497 e. The summed E-state index contributed by atoms with van der Waals surface area (Å²) in [5, 5.41) is 4.99. The van der Waals surface area contributed by atoms with Crippen LogP contribution in [0.25, 0.3) is 22.2 Å². The Kier molecular flexibility index (Phi) is 7.18. The zero-order valence-electron chi connectivity index (χ0n) is 19.5. The highest BCUT2D eigenvalue weighted by atomic mass is 16.5. The molecule has 3 aromatic carbocycles. The summed E-state index contributed by atoms with van der Waals surface area (Å²) < 4.78 is 10.7. The smallest absolute Gasteiger partial charge is 0.272 e. The van der Waals surface area contributed by atoms with Crippen LogP contribution in [0.1, 0.15) is 35.7 Å². The summed E-state index contributed by atoms with van der Waals surface area (Å²) in [5.41, 5.74) is 6.63. The molecule has 0 aliphatic carbocycles. The third-order valence-electron chi connectivity index (χ3n) is 5.53. The van der Waals surface area contributed by atoms with Gasteiger partial charge in [0.15, 0.2) is 0 Å². The van der Waals surface area contributed by atoms with Gasteiger partial charge in [-0.1, -0.05) is 37.3 Å². The fourth-order valence-electron chi connectivity index (χ4n) is 3.66. The van der Waals surface area contributed by atoms with Gasteiger partial charge in [-0.05, 0) is 61.0 Å². The number of pyridine rings is 1. The Labute approximate surface area is 199 Å². The van der Waals surface area contributed by atoms with E-state index in [2.05, 4.69) is 10.5 Å². The summed E-state index contributed by atoms with van der Waals surface area (Å²) in [5.74, 6) is 1.34. The zero-order valence-corrected chi connectivity index (χ0v) is 19.5. The third-order valence-corrected chi connectivity index (χ3v) is 5.53. The van der Waals surface area contributed by atoms with E-state index in [1.54, 1.807) is 19.4 Å². The number of hydrogen-bond donors (Lipinski definition) is 1. The number of nitrogens with zero attached hydrogens (tertiary/aromatic N) is 2. The molecule has 0 fully saturated rings. The molecule has 0 saturated carbocycles. The van der Waals surface area contributed by atoms with Gasteiger partial charge in [-0.25, -0.2) is 10.4 Å². The number of benzene rings is 3. The molecule has 0 spiro atoms. The van der Waals surface area contributed by atoms with Crippen molar-refractivity contribution in [3.8, 4) is 22.8 Å². The second-order valence-electron chi connectivity index (χ2n) is 7.81. The summed E-state index contributed by atoms with van der Waals surface area (Å²) in [4.78, 5) is 17.9. The van der Waals surface area contributed by atoms with Crippen LogP contribution in [0, 0.1) is 0 Å². The molecule has 34 heavy (non-hydrogen) atoms. The van der Waals surface area contributed by atoms with Crippen molar-refractivity contribution in [2.24, 2.45) is 5.10 Å². The van der Waals surface area contributed by atoms with Crippen LogP contribution in [0.3, 0.4) is 0 Å². The summed E-state index contributed by atoms with van der Waals surface area (Å²) in [6.45, 7) is 4.57. The Morgan fingerprint density at radius 3 is 2.44 bits per heavy atom. The minimum absolute atomic E-state index is 0.0276. The molecular formula is C28H27N3O3. The van der Waals surface area contributed by atoms with Crippen molar-refractivity contribution in [2.75, 3.05) is 13.7 Å². The first-order chi connectivity index (χ1) is 16.6. The summed E-state index contributed by atoms with van der Waals surface area (Å²) in [6.07, 6.45) is 1.72. The van der Waals surface area contributed by atoms with Crippen LogP contribution >= 0.6 is 0 Å². The summed E-state index contributed by atoms with van der Waals surface area (Å²) in [6, 6.07) is 24.9. The number of hydrogen-bond acceptors (Lipinski definition) is 5. The number of ether oxygens (including phenoxy) is 2. The van der Waals surface area contributed by atoms with Crippen molar-refractivity contribution in [3.63, 3.8) is 0 Å². The van der Waals surface area contributed by atoms with Gasteiger partial charge in [-0.2, -0.15) is 5.10 Å². The van der Waals surface area contributed by atoms with Crippen LogP contribution in [-0.2, 0) is 0 Å². The van der Waals surface area contributed by atoms with Crippen molar-refractivity contribution in [2.45, 2.75) is 19.8 Å². The van der Waals surface area contributed by atoms with Crippen LogP contribution < -0.4 is 14.9 Å². The van der Waals surface area contributed by atoms with Crippen molar-refractivity contribution < 1.29 is 14.3 Å². The Morgan fingerprint density at radius 1 is 1.03 bits per heavy atom. The van der Waals surface area contributed by atoms with Gasteiger partial charge in [-0.3, -0.25) is 4.79 Å². The number of methoxy groups -OCH3 is 1. The van der Waals surface area contributed by atoms with E-state index in [9.17, 15) is 4.79 Å². The van der Waals surface area contributed by atoms with Crippen molar-refractivity contribution in [3.05, 3.63) is 90.0 Å². The monoisotopic (exact) mass is 453 g/mol. The van der Waals surface area contributed by atoms with Gasteiger partial charge in [0, 0.05) is 23.1 Å². The molecule has 6 nitrogen and oxygen atoms in total. The molecule has 1 aromatic heterocycles. The molecule has 1 heterocycles. The van der Waals surface area contributed by atoms with E-state index in [0.717, 1.165) is 33.5 Å². The lowest BCUT2D eigenvalue weighted by atomic mass is 10.0. The number of carbonyl (C=O) groups excluding carboxylic acids is 1. The highest BCUT2D eigenvalue weighted by Crippen LogP contribution is 2.26. The Hall–Kier alpha value is -4.19. The molecule has 0 aliphatic heterocycles. The molecule has 1 N–H and O–H groups in total. The summed E-state index contributed by atoms with van der Waals surface area (Å²) in [7, 11) is 1.64. The van der Waals surface area contributed by atoms with Gasteiger partial charge in [0.2, 0.25) is 0 Å². The first kappa shape index (κ1) is 23.0. The number of nitrogens with one attached hydrogen (secondary N) is 1. The van der Waals surface area contributed by atoms with Crippen LogP contribution in [0.4, 0.5) is 0 Å². The summed E-state index contributed by atoms with van der Waals surface area (Å²) >= 11 is 0. The number of rotatable bonds is 8. The van der Waals surface area contributed by atoms with Gasteiger partial charge in [0.05, 0.1) is 30.5 Å². The normalized spacial score (nSPS) is 12.0. The first-order valence-corrected chi connectivity index (χ1v) is 11.2. The fraction of sp³-hybridized carbons (Fsp3) is 0.179. The van der Waals surface area contributed by atoms with Crippen LogP contribution in [0.5, 0.6) is 11.5 Å². The van der Waals surface area contributed by atoms with Crippen LogP contribution in [0.2, 0.25) is 0 Å². The second kappa shape index (κ2) is 10.6. The Morgan fingerprint density at radius 2 is 1.74 bits per heavy atom. The lowest BCUT2D eigenvalue weighted by Gasteiger charge is -2.10. The molecule has 1 atom stereocenters. The highest BCUT2D eigenvalue weighted by molar-refractivity contribution is 6.07.